The first-order chi connectivity index (χ1) is 8.18. The van der Waals surface area contributed by atoms with E-state index in [4.69, 9.17) is 4.84 Å². The Morgan fingerprint density at radius 2 is 1.94 bits per heavy atom. The second kappa shape index (κ2) is 4.76. The number of carboxylic acid groups (broad SMARTS) is 1. The van der Waals surface area contributed by atoms with Crippen LogP contribution in [-0.2, 0) is 9.63 Å². The van der Waals surface area contributed by atoms with Crippen LogP contribution in [0.3, 0.4) is 0 Å². The van der Waals surface area contributed by atoms with E-state index in [1.807, 2.05) is 20.8 Å². The predicted octanol–water partition coefficient (Wildman–Crippen LogP) is 1.56. The van der Waals surface area contributed by atoms with Crippen LogP contribution in [-0.4, -0.2) is 53.3 Å². The second-order valence-electron chi connectivity index (χ2n) is 5.63. The molecule has 0 saturated carbocycles. The summed E-state index contributed by atoms with van der Waals surface area (Å²) in [5, 5.41) is 10.4. The molecule has 0 aliphatic carbocycles. The average Bonchev–Trinajstić information content (AvgIpc) is 2.71. The molecule has 0 aromatic heterocycles. The van der Waals surface area contributed by atoms with Crippen LogP contribution >= 0.6 is 0 Å². The fraction of sp³-hybridized carbons (Fsp3) is 0.833. The maximum Gasteiger partial charge on any atom is 0.408 e. The minimum atomic E-state index is -1.06. The molecule has 0 radical (unpaired) electrons. The number of amides is 2. The van der Waals surface area contributed by atoms with Crippen molar-refractivity contribution in [2.45, 2.75) is 39.2 Å². The van der Waals surface area contributed by atoms with Gasteiger partial charge in [0.25, 0.3) is 5.91 Å². The number of hydrogen-bond acceptors (Lipinski definition) is 3. The van der Waals surface area contributed by atoms with Crippen LogP contribution in [0.1, 0.15) is 33.6 Å². The highest BCUT2D eigenvalue weighted by molar-refractivity contribution is 5.90. The van der Waals surface area contributed by atoms with Gasteiger partial charge in [-0.25, -0.2) is 9.86 Å². The van der Waals surface area contributed by atoms with Gasteiger partial charge in [-0.3, -0.25) is 14.5 Å². The second-order valence-corrected chi connectivity index (χ2v) is 5.63. The Balaban J connectivity index is 3.27. The molecule has 0 aromatic rings. The van der Waals surface area contributed by atoms with Gasteiger partial charge in [0, 0.05) is 13.6 Å². The van der Waals surface area contributed by atoms with E-state index in [0.717, 1.165) is 5.06 Å². The fourth-order valence-corrected chi connectivity index (χ4v) is 2.74. The van der Waals surface area contributed by atoms with E-state index in [0.29, 0.717) is 19.4 Å². The lowest BCUT2D eigenvalue weighted by molar-refractivity contribution is -0.186. The molecular weight excluding hydrogens is 236 g/mol. The van der Waals surface area contributed by atoms with Crippen molar-refractivity contribution in [2.75, 3.05) is 20.7 Å². The van der Waals surface area contributed by atoms with Crippen LogP contribution in [0, 0.1) is 5.41 Å². The summed E-state index contributed by atoms with van der Waals surface area (Å²) in [7, 11) is 2.91. The van der Waals surface area contributed by atoms with Gasteiger partial charge in [0.2, 0.25) is 0 Å². The van der Waals surface area contributed by atoms with Crippen LogP contribution in [0.5, 0.6) is 0 Å². The third kappa shape index (κ3) is 2.05. The molecule has 1 N–H and O–H groups in total. The summed E-state index contributed by atoms with van der Waals surface area (Å²) < 4.78 is 0. The molecule has 1 saturated heterocycles. The van der Waals surface area contributed by atoms with E-state index in [-0.39, 0.29) is 5.91 Å². The van der Waals surface area contributed by atoms with Crippen molar-refractivity contribution in [3.05, 3.63) is 0 Å². The van der Waals surface area contributed by atoms with Gasteiger partial charge < -0.3 is 5.11 Å². The van der Waals surface area contributed by atoms with Gasteiger partial charge in [-0.2, -0.15) is 0 Å². The van der Waals surface area contributed by atoms with Crippen LogP contribution < -0.4 is 0 Å². The molecule has 0 bridgehead atoms. The van der Waals surface area contributed by atoms with E-state index in [1.54, 1.807) is 0 Å². The van der Waals surface area contributed by atoms with Gasteiger partial charge in [0.1, 0.15) is 5.54 Å². The number of likely N-dealkylation sites (N-methyl/N-ethyl adjacent to an activating group) is 1. The maximum atomic E-state index is 12.6. The Morgan fingerprint density at radius 3 is 2.33 bits per heavy atom. The third-order valence-corrected chi connectivity index (χ3v) is 3.77. The lowest BCUT2D eigenvalue weighted by Gasteiger charge is -2.46. The molecule has 18 heavy (non-hydrogen) atoms. The number of carbonyl (C=O) groups excluding carboxylic acids is 1. The monoisotopic (exact) mass is 258 g/mol. The SMILES string of the molecule is CON(C)C(=O)[C@@]1(C(C)(C)C)CCCN1C(=O)O. The quantitative estimate of drug-likeness (QED) is 0.763. The first kappa shape index (κ1) is 14.8. The molecule has 1 atom stereocenters. The zero-order valence-electron chi connectivity index (χ0n) is 11.7. The van der Waals surface area contributed by atoms with Gasteiger partial charge in [-0.15, -0.1) is 0 Å². The normalized spacial score (nSPS) is 24.2. The van der Waals surface area contributed by atoms with Crippen LogP contribution in [0.4, 0.5) is 4.79 Å². The molecule has 6 nitrogen and oxygen atoms in total. The van der Waals surface area contributed by atoms with Gasteiger partial charge in [0.15, 0.2) is 0 Å². The summed E-state index contributed by atoms with van der Waals surface area (Å²) in [5.74, 6) is -0.308. The number of hydroxylamine groups is 2. The minimum absolute atomic E-state index is 0.308. The summed E-state index contributed by atoms with van der Waals surface area (Å²) in [4.78, 5) is 30.1. The zero-order chi connectivity index (χ0) is 14.1. The lowest BCUT2D eigenvalue weighted by atomic mass is 9.71. The van der Waals surface area contributed by atoms with E-state index >= 15 is 0 Å². The fourth-order valence-electron chi connectivity index (χ4n) is 2.74. The molecule has 0 spiro atoms. The largest absolute Gasteiger partial charge is 0.465 e. The molecule has 1 rings (SSSR count). The van der Waals surface area contributed by atoms with Gasteiger partial charge >= 0.3 is 6.09 Å². The molecule has 0 unspecified atom stereocenters. The van der Waals surface area contributed by atoms with Gasteiger partial charge in [0.05, 0.1) is 7.11 Å². The van der Waals surface area contributed by atoms with Crippen molar-refractivity contribution in [3.8, 4) is 0 Å². The minimum Gasteiger partial charge on any atom is -0.465 e. The van der Waals surface area contributed by atoms with Gasteiger partial charge in [-0.1, -0.05) is 20.8 Å². The van der Waals surface area contributed by atoms with Crippen LogP contribution in [0.2, 0.25) is 0 Å². The van der Waals surface area contributed by atoms with E-state index in [9.17, 15) is 14.7 Å². The molecule has 6 heteroatoms. The Hall–Kier alpha value is -1.30. The Labute approximate surface area is 107 Å². The number of rotatable bonds is 2. The number of nitrogens with zero attached hydrogens (tertiary/aromatic N) is 2. The molecule has 104 valence electrons. The van der Waals surface area contributed by atoms with Crippen LogP contribution in [0.25, 0.3) is 0 Å². The molecule has 1 aliphatic rings. The van der Waals surface area contributed by atoms with E-state index in [2.05, 4.69) is 0 Å². The smallest absolute Gasteiger partial charge is 0.408 e. The van der Waals surface area contributed by atoms with Crippen molar-refractivity contribution < 1.29 is 19.5 Å². The maximum absolute atomic E-state index is 12.6. The topological polar surface area (TPSA) is 70.1 Å². The van der Waals surface area contributed by atoms with E-state index < -0.39 is 17.0 Å². The number of hydrogen-bond donors (Lipinski definition) is 1. The first-order valence-corrected chi connectivity index (χ1v) is 6.01. The van der Waals surface area contributed by atoms with Crippen LogP contribution in [0.15, 0.2) is 0 Å². The van der Waals surface area contributed by atoms with E-state index in [1.165, 1.54) is 19.1 Å². The summed E-state index contributed by atoms with van der Waals surface area (Å²) >= 11 is 0. The van der Waals surface area contributed by atoms with Crippen molar-refractivity contribution in [1.82, 2.24) is 9.96 Å². The molecule has 0 aromatic carbocycles. The Kier molecular flexibility index (Phi) is 3.90. The predicted molar refractivity (Wildman–Crippen MR) is 65.9 cm³/mol. The standard InChI is InChI=1S/C12H22N2O4/c1-11(2,3)12(9(15)13(4)18-5)7-6-8-14(12)10(16)17/h6-8H2,1-5H3,(H,16,17)/t12-/m1/s1. The first-order valence-electron chi connectivity index (χ1n) is 6.01. The lowest BCUT2D eigenvalue weighted by Crippen LogP contribution is -2.63. The highest BCUT2D eigenvalue weighted by Gasteiger charge is 2.58. The highest BCUT2D eigenvalue weighted by atomic mass is 16.7. The third-order valence-electron chi connectivity index (χ3n) is 3.77. The van der Waals surface area contributed by atoms with Crippen molar-refractivity contribution in [2.24, 2.45) is 5.41 Å². The molecule has 2 amide bonds. The average molecular weight is 258 g/mol. The molecular formula is C12H22N2O4. The summed E-state index contributed by atoms with van der Waals surface area (Å²) in [5.41, 5.74) is -1.55. The number of likely N-dealkylation sites (tertiary alicyclic amines) is 1. The van der Waals surface area contributed by atoms with Gasteiger partial charge in [-0.05, 0) is 18.3 Å². The number of carbonyl (C=O) groups is 2. The molecule has 1 aliphatic heterocycles. The summed E-state index contributed by atoms with van der Waals surface area (Å²) in [6.45, 7) is 6.04. The highest BCUT2D eigenvalue weighted by Crippen LogP contribution is 2.44. The molecule has 1 heterocycles. The Bertz CT molecular complexity index is 350. The summed E-state index contributed by atoms with van der Waals surface area (Å²) in [6.07, 6.45) is 0.155. The Morgan fingerprint density at radius 1 is 1.39 bits per heavy atom. The van der Waals surface area contributed by atoms with Crippen molar-refractivity contribution >= 4 is 12.0 Å². The molecule has 1 fully saturated rings. The van der Waals surface area contributed by atoms with Crippen molar-refractivity contribution in [1.29, 1.82) is 0 Å². The summed E-state index contributed by atoms with van der Waals surface area (Å²) in [6, 6.07) is 0. The zero-order valence-corrected chi connectivity index (χ0v) is 11.7. The van der Waals surface area contributed by atoms with Crippen molar-refractivity contribution in [3.63, 3.8) is 0 Å².